The molecule has 6 nitrogen and oxygen atoms in total. The van der Waals surface area contributed by atoms with E-state index in [0.29, 0.717) is 19.3 Å². The predicted octanol–water partition coefficient (Wildman–Crippen LogP) is 12.5. The van der Waals surface area contributed by atoms with E-state index in [4.69, 9.17) is 14.2 Å². The molecule has 0 radical (unpaired) electrons. The van der Waals surface area contributed by atoms with Crippen LogP contribution >= 0.6 is 0 Å². The minimum absolute atomic E-state index is 0.0662. The van der Waals surface area contributed by atoms with Gasteiger partial charge in [-0.2, -0.15) is 0 Å². The van der Waals surface area contributed by atoms with Crippen molar-refractivity contribution in [1.82, 2.24) is 0 Å². The number of hydrogen-bond donors (Lipinski definition) is 0. The highest BCUT2D eigenvalue weighted by Crippen LogP contribution is 2.15. The van der Waals surface area contributed by atoms with Crippen LogP contribution in [0.25, 0.3) is 0 Å². The van der Waals surface area contributed by atoms with Crippen molar-refractivity contribution < 1.29 is 28.6 Å². The van der Waals surface area contributed by atoms with Crippen LogP contribution in [0.4, 0.5) is 0 Å². The largest absolute Gasteiger partial charge is 0.462 e. The van der Waals surface area contributed by atoms with E-state index in [-0.39, 0.29) is 31.1 Å². The third-order valence-electron chi connectivity index (χ3n) is 9.11. The minimum Gasteiger partial charge on any atom is -0.462 e. The van der Waals surface area contributed by atoms with Crippen LogP contribution in [0.1, 0.15) is 226 Å². The summed E-state index contributed by atoms with van der Waals surface area (Å²) in [4.78, 5) is 37.0. The Kier molecular flexibility index (Phi) is 36.0. The average Bonchev–Trinajstić information content (AvgIpc) is 3.06. The Labute approximate surface area is 291 Å². The molecule has 0 saturated carbocycles. The molecule has 0 N–H and O–H groups in total. The van der Waals surface area contributed by atoms with Crippen molar-refractivity contribution >= 4 is 17.9 Å². The second-order valence-electron chi connectivity index (χ2n) is 13.9. The molecule has 0 rings (SSSR count). The third kappa shape index (κ3) is 35.5. The van der Waals surface area contributed by atoms with Gasteiger partial charge in [0.2, 0.25) is 0 Å². The van der Waals surface area contributed by atoms with Gasteiger partial charge >= 0.3 is 17.9 Å². The van der Waals surface area contributed by atoms with E-state index in [2.05, 4.69) is 20.8 Å². The van der Waals surface area contributed by atoms with Crippen molar-refractivity contribution in [3.63, 3.8) is 0 Å². The van der Waals surface area contributed by atoms with E-state index in [1.165, 1.54) is 116 Å². The standard InChI is InChI=1S/C41H78O6/c1-4-7-10-13-14-15-16-17-18-19-20-21-22-23-24-25-26-29-31-34-40(43)46-37-38(47-41(44)35-32-28-12-9-6-3)36-45-39(42)33-30-27-11-8-5-2/h38H,4-37H2,1-3H3/t38-/m1/s1. The highest BCUT2D eigenvalue weighted by atomic mass is 16.6. The second kappa shape index (κ2) is 37.2. The summed E-state index contributed by atoms with van der Waals surface area (Å²) in [5.74, 6) is -0.890. The van der Waals surface area contributed by atoms with E-state index in [0.717, 1.165) is 70.6 Å². The molecule has 0 saturated heterocycles. The molecule has 6 heteroatoms. The molecule has 0 aliphatic heterocycles. The van der Waals surface area contributed by atoms with Gasteiger partial charge in [-0.15, -0.1) is 0 Å². The molecule has 0 aromatic rings. The number of carbonyl (C=O) groups is 3. The summed E-state index contributed by atoms with van der Waals surface area (Å²) >= 11 is 0. The fourth-order valence-corrected chi connectivity index (χ4v) is 5.97. The Morgan fingerprint density at radius 1 is 0.340 bits per heavy atom. The molecule has 0 amide bonds. The van der Waals surface area contributed by atoms with Crippen LogP contribution in [0.15, 0.2) is 0 Å². The first-order valence-electron chi connectivity index (χ1n) is 20.5. The smallest absolute Gasteiger partial charge is 0.306 e. The van der Waals surface area contributed by atoms with Crippen LogP contribution in [0, 0.1) is 0 Å². The van der Waals surface area contributed by atoms with E-state index >= 15 is 0 Å². The fraction of sp³-hybridized carbons (Fsp3) is 0.927. The van der Waals surface area contributed by atoms with Crippen LogP contribution in [0.5, 0.6) is 0 Å². The van der Waals surface area contributed by atoms with Gasteiger partial charge in [-0.1, -0.05) is 188 Å². The van der Waals surface area contributed by atoms with Gasteiger partial charge < -0.3 is 14.2 Å². The number of ether oxygens (including phenoxy) is 3. The van der Waals surface area contributed by atoms with Crippen molar-refractivity contribution in [2.75, 3.05) is 13.2 Å². The molecule has 0 aromatic carbocycles. The minimum atomic E-state index is -0.753. The Bertz CT molecular complexity index is 693. The van der Waals surface area contributed by atoms with Crippen LogP contribution in [0.3, 0.4) is 0 Å². The lowest BCUT2D eigenvalue weighted by atomic mass is 10.0. The Hall–Kier alpha value is -1.59. The summed E-state index contributed by atoms with van der Waals surface area (Å²) in [6, 6.07) is 0. The average molecular weight is 667 g/mol. The van der Waals surface area contributed by atoms with Crippen molar-refractivity contribution in [3.05, 3.63) is 0 Å². The number of unbranched alkanes of at least 4 members (excludes halogenated alkanes) is 26. The van der Waals surface area contributed by atoms with Crippen LogP contribution < -0.4 is 0 Å². The molecule has 0 fully saturated rings. The number of hydrogen-bond acceptors (Lipinski definition) is 6. The van der Waals surface area contributed by atoms with Gasteiger partial charge in [-0.25, -0.2) is 0 Å². The topological polar surface area (TPSA) is 78.9 Å². The van der Waals surface area contributed by atoms with Gasteiger partial charge in [0.25, 0.3) is 0 Å². The molecule has 278 valence electrons. The quantitative estimate of drug-likeness (QED) is 0.0373. The van der Waals surface area contributed by atoms with Crippen LogP contribution in [-0.4, -0.2) is 37.2 Å². The van der Waals surface area contributed by atoms with Crippen molar-refractivity contribution in [2.24, 2.45) is 0 Å². The van der Waals surface area contributed by atoms with Crippen LogP contribution in [-0.2, 0) is 28.6 Å². The first-order chi connectivity index (χ1) is 23.0. The second-order valence-corrected chi connectivity index (χ2v) is 13.9. The molecule has 0 aromatic heterocycles. The summed E-state index contributed by atoms with van der Waals surface area (Å²) in [6.07, 6.45) is 35.8. The molecular formula is C41H78O6. The fourth-order valence-electron chi connectivity index (χ4n) is 5.97. The monoisotopic (exact) mass is 667 g/mol. The SMILES string of the molecule is CCCCCCCCCCCCCCCCCCCCCC(=O)OC[C@@H](COC(=O)CCCCCCC)OC(=O)CCCCCCC. The molecule has 0 bridgehead atoms. The normalized spacial score (nSPS) is 11.8. The Morgan fingerprint density at radius 2 is 0.574 bits per heavy atom. The number of carbonyl (C=O) groups excluding carboxylic acids is 3. The maximum absolute atomic E-state index is 12.4. The van der Waals surface area contributed by atoms with Crippen LogP contribution in [0.2, 0.25) is 0 Å². The highest BCUT2D eigenvalue weighted by Gasteiger charge is 2.19. The lowest BCUT2D eigenvalue weighted by Gasteiger charge is -2.18. The molecule has 0 aliphatic rings. The van der Waals surface area contributed by atoms with Gasteiger partial charge in [0, 0.05) is 19.3 Å². The Morgan fingerprint density at radius 3 is 0.851 bits per heavy atom. The van der Waals surface area contributed by atoms with Gasteiger partial charge in [-0.3, -0.25) is 14.4 Å². The molecule has 0 unspecified atom stereocenters. The van der Waals surface area contributed by atoms with Crippen molar-refractivity contribution in [2.45, 2.75) is 232 Å². The molecule has 0 heterocycles. The Balaban J connectivity index is 3.97. The summed E-state index contributed by atoms with van der Waals surface area (Å²) in [6.45, 7) is 6.47. The maximum atomic E-state index is 12.4. The van der Waals surface area contributed by atoms with Crippen molar-refractivity contribution in [1.29, 1.82) is 0 Å². The van der Waals surface area contributed by atoms with E-state index in [9.17, 15) is 14.4 Å². The zero-order chi connectivity index (χ0) is 34.5. The highest BCUT2D eigenvalue weighted by molar-refractivity contribution is 5.71. The predicted molar refractivity (Wildman–Crippen MR) is 197 cm³/mol. The van der Waals surface area contributed by atoms with E-state index in [1.807, 2.05) is 0 Å². The lowest BCUT2D eigenvalue weighted by Crippen LogP contribution is -2.30. The van der Waals surface area contributed by atoms with Gasteiger partial charge in [0.15, 0.2) is 6.10 Å². The molecular weight excluding hydrogens is 588 g/mol. The zero-order valence-corrected chi connectivity index (χ0v) is 31.6. The van der Waals surface area contributed by atoms with Gasteiger partial charge in [-0.05, 0) is 19.3 Å². The van der Waals surface area contributed by atoms with Gasteiger partial charge in [0.1, 0.15) is 13.2 Å². The van der Waals surface area contributed by atoms with Gasteiger partial charge in [0.05, 0.1) is 0 Å². The first-order valence-corrected chi connectivity index (χ1v) is 20.5. The first kappa shape index (κ1) is 45.4. The molecule has 0 aliphatic carbocycles. The summed E-state index contributed by atoms with van der Waals surface area (Å²) in [7, 11) is 0. The van der Waals surface area contributed by atoms with E-state index in [1.54, 1.807) is 0 Å². The molecule has 1 atom stereocenters. The van der Waals surface area contributed by atoms with E-state index < -0.39 is 6.10 Å². The molecule has 0 spiro atoms. The lowest BCUT2D eigenvalue weighted by molar-refractivity contribution is -0.167. The third-order valence-corrected chi connectivity index (χ3v) is 9.11. The summed E-state index contributed by atoms with van der Waals surface area (Å²) in [5.41, 5.74) is 0. The van der Waals surface area contributed by atoms with Crippen molar-refractivity contribution in [3.8, 4) is 0 Å². The molecule has 47 heavy (non-hydrogen) atoms. The number of esters is 3. The zero-order valence-electron chi connectivity index (χ0n) is 31.6. The summed E-state index contributed by atoms with van der Waals surface area (Å²) < 4.78 is 16.4. The maximum Gasteiger partial charge on any atom is 0.306 e. The number of rotatable bonds is 37. The summed E-state index contributed by atoms with van der Waals surface area (Å²) in [5, 5.41) is 0.